The van der Waals surface area contributed by atoms with Gasteiger partial charge in [0.2, 0.25) is 11.8 Å². The zero-order valence-electron chi connectivity index (χ0n) is 18.8. The number of rotatable bonds is 6. The topological polar surface area (TPSA) is 71.5 Å². The molecule has 29 heavy (non-hydrogen) atoms. The second kappa shape index (κ2) is 12.0. The zero-order chi connectivity index (χ0) is 21.2. The largest absolute Gasteiger partial charge is 0.354 e. The van der Waals surface area contributed by atoms with Gasteiger partial charge < -0.3 is 20.0 Å². The highest BCUT2D eigenvalue weighted by Gasteiger charge is 2.24. The van der Waals surface area contributed by atoms with E-state index in [-0.39, 0.29) is 18.4 Å². The monoisotopic (exact) mass is 408 g/mol. The standard InChI is InChI=1S/C21H40N6O2/c1-5-18(2)23-21(22-16-19(28)24(3)4)27-14-12-25(13-15-27)17-20(29)26-10-8-6-7-9-11-26/h18H,5-17H2,1-4H3,(H,22,23). The Balaban J connectivity index is 1.88. The number of amides is 2. The predicted molar refractivity (Wildman–Crippen MR) is 117 cm³/mol. The predicted octanol–water partition coefficient (Wildman–Crippen LogP) is 0.839. The van der Waals surface area contributed by atoms with Crippen molar-refractivity contribution in [1.29, 1.82) is 0 Å². The van der Waals surface area contributed by atoms with E-state index in [1.807, 2.05) is 4.90 Å². The molecule has 0 radical (unpaired) electrons. The quantitative estimate of drug-likeness (QED) is 0.521. The summed E-state index contributed by atoms with van der Waals surface area (Å²) in [6.07, 6.45) is 5.73. The van der Waals surface area contributed by atoms with Crippen LogP contribution in [0.4, 0.5) is 0 Å². The minimum atomic E-state index is -0.00451. The van der Waals surface area contributed by atoms with Gasteiger partial charge in [-0.3, -0.25) is 14.5 Å². The van der Waals surface area contributed by atoms with Crippen molar-refractivity contribution in [2.24, 2.45) is 4.99 Å². The molecular formula is C21H40N6O2. The van der Waals surface area contributed by atoms with Gasteiger partial charge in [0.05, 0.1) is 6.54 Å². The van der Waals surface area contributed by atoms with E-state index in [1.54, 1.807) is 19.0 Å². The van der Waals surface area contributed by atoms with Crippen LogP contribution in [-0.2, 0) is 9.59 Å². The van der Waals surface area contributed by atoms with Crippen LogP contribution in [0.5, 0.6) is 0 Å². The second-order valence-corrected chi connectivity index (χ2v) is 8.44. The number of piperazine rings is 1. The molecule has 2 aliphatic heterocycles. The van der Waals surface area contributed by atoms with Gasteiger partial charge in [0.15, 0.2) is 5.96 Å². The van der Waals surface area contributed by atoms with E-state index >= 15 is 0 Å². The number of nitrogens with one attached hydrogen (secondary N) is 1. The third-order valence-electron chi connectivity index (χ3n) is 5.84. The highest BCUT2D eigenvalue weighted by molar-refractivity contribution is 5.85. The number of nitrogens with zero attached hydrogens (tertiary/aromatic N) is 5. The molecule has 1 N–H and O–H groups in total. The molecule has 0 aliphatic carbocycles. The fourth-order valence-electron chi connectivity index (χ4n) is 3.57. The van der Waals surface area contributed by atoms with Crippen LogP contribution in [-0.4, -0.2) is 110 Å². The summed E-state index contributed by atoms with van der Waals surface area (Å²) in [5.74, 6) is 1.06. The lowest BCUT2D eigenvalue weighted by molar-refractivity contribution is -0.132. The summed E-state index contributed by atoms with van der Waals surface area (Å²) in [7, 11) is 3.50. The molecule has 2 rings (SSSR count). The van der Waals surface area contributed by atoms with Crippen LogP contribution in [0.3, 0.4) is 0 Å². The molecule has 0 aromatic heterocycles. The molecule has 2 saturated heterocycles. The van der Waals surface area contributed by atoms with Crippen LogP contribution in [0.25, 0.3) is 0 Å². The average molecular weight is 409 g/mol. The number of likely N-dealkylation sites (N-methyl/N-ethyl adjacent to an activating group) is 1. The summed E-state index contributed by atoms with van der Waals surface area (Å²) in [6.45, 7) is 10.0. The van der Waals surface area contributed by atoms with Crippen LogP contribution in [0.1, 0.15) is 46.0 Å². The lowest BCUT2D eigenvalue weighted by Crippen LogP contribution is -2.55. The molecule has 1 atom stereocenters. The van der Waals surface area contributed by atoms with E-state index in [2.05, 4.69) is 34.0 Å². The summed E-state index contributed by atoms with van der Waals surface area (Å²) in [5.41, 5.74) is 0. The summed E-state index contributed by atoms with van der Waals surface area (Å²) in [5, 5.41) is 3.46. The smallest absolute Gasteiger partial charge is 0.243 e. The number of hydrogen-bond acceptors (Lipinski definition) is 4. The lowest BCUT2D eigenvalue weighted by atomic mass is 10.2. The number of guanidine groups is 1. The minimum absolute atomic E-state index is 0.00451. The number of carbonyl (C=O) groups is 2. The van der Waals surface area contributed by atoms with E-state index < -0.39 is 0 Å². The SMILES string of the molecule is CCC(C)NC(=NCC(=O)N(C)C)N1CCN(CC(=O)N2CCCCCC2)CC1. The van der Waals surface area contributed by atoms with E-state index in [4.69, 9.17) is 0 Å². The van der Waals surface area contributed by atoms with Gasteiger partial charge in [0.25, 0.3) is 0 Å². The molecule has 2 aliphatic rings. The first-order valence-electron chi connectivity index (χ1n) is 11.2. The summed E-state index contributed by atoms with van der Waals surface area (Å²) in [6, 6.07) is 0.297. The molecule has 2 fully saturated rings. The van der Waals surface area contributed by atoms with E-state index in [0.29, 0.717) is 12.6 Å². The molecule has 0 saturated carbocycles. The van der Waals surface area contributed by atoms with Crippen molar-refractivity contribution in [3.63, 3.8) is 0 Å². The molecule has 2 amide bonds. The van der Waals surface area contributed by atoms with Gasteiger partial charge in [0, 0.05) is 59.4 Å². The molecule has 8 nitrogen and oxygen atoms in total. The Labute approximate surface area is 176 Å². The fraction of sp³-hybridized carbons (Fsp3) is 0.857. The Hall–Kier alpha value is -1.83. The van der Waals surface area contributed by atoms with Crippen LogP contribution in [0.2, 0.25) is 0 Å². The van der Waals surface area contributed by atoms with Gasteiger partial charge in [0.1, 0.15) is 6.54 Å². The highest BCUT2D eigenvalue weighted by Crippen LogP contribution is 2.11. The number of carbonyl (C=O) groups excluding carboxylic acids is 2. The Kier molecular flexibility index (Phi) is 9.70. The van der Waals surface area contributed by atoms with Crippen molar-refractivity contribution in [2.45, 2.75) is 52.0 Å². The molecule has 0 aromatic rings. The zero-order valence-corrected chi connectivity index (χ0v) is 18.8. The van der Waals surface area contributed by atoms with Gasteiger partial charge in [-0.1, -0.05) is 19.8 Å². The highest BCUT2D eigenvalue weighted by atomic mass is 16.2. The summed E-state index contributed by atoms with van der Waals surface area (Å²) >= 11 is 0. The van der Waals surface area contributed by atoms with Crippen molar-refractivity contribution >= 4 is 17.8 Å². The van der Waals surface area contributed by atoms with Gasteiger partial charge in [-0.05, 0) is 26.2 Å². The van der Waals surface area contributed by atoms with Crippen molar-refractivity contribution in [3.8, 4) is 0 Å². The third kappa shape index (κ3) is 7.84. The lowest BCUT2D eigenvalue weighted by Gasteiger charge is -2.37. The van der Waals surface area contributed by atoms with Gasteiger partial charge >= 0.3 is 0 Å². The first kappa shape index (κ1) is 23.4. The molecule has 1 unspecified atom stereocenters. The maximum Gasteiger partial charge on any atom is 0.243 e. The molecule has 2 heterocycles. The molecule has 8 heteroatoms. The van der Waals surface area contributed by atoms with Gasteiger partial charge in [-0.25, -0.2) is 4.99 Å². The maximum atomic E-state index is 12.7. The number of likely N-dealkylation sites (tertiary alicyclic amines) is 1. The van der Waals surface area contributed by atoms with Crippen molar-refractivity contribution in [1.82, 2.24) is 24.9 Å². The Morgan fingerprint density at radius 1 is 0.966 bits per heavy atom. The number of hydrogen-bond donors (Lipinski definition) is 1. The van der Waals surface area contributed by atoms with Crippen molar-refractivity contribution < 1.29 is 9.59 Å². The Bertz CT molecular complexity index is 549. The molecule has 0 aromatic carbocycles. The van der Waals surface area contributed by atoms with Crippen molar-refractivity contribution in [3.05, 3.63) is 0 Å². The average Bonchev–Trinajstić information content (AvgIpc) is 3.00. The third-order valence-corrected chi connectivity index (χ3v) is 5.84. The molecule has 0 spiro atoms. The first-order valence-corrected chi connectivity index (χ1v) is 11.2. The molecule has 166 valence electrons. The van der Waals surface area contributed by atoms with Crippen LogP contribution >= 0.6 is 0 Å². The Morgan fingerprint density at radius 2 is 1.59 bits per heavy atom. The van der Waals surface area contributed by atoms with E-state index in [1.165, 1.54) is 12.8 Å². The van der Waals surface area contributed by atoms with E-state index in [9.17, 15) is 9.59 Å². The summed E-state index contributed by atoms with van der Waals surface area (Å²) < 4.78 is 0. The maximum absolute atomic E-state index is 12.7. The van der Waals surface area contributed by atoms with Gasteiger partial charge in [-0.2, -0.15) is 0 Å². The first-order chi connectivity index (χ1) is 13.9. The van der Waals surface area contributed by atoms with Crippen LogP contribution in [0, 0.1) is 0 Å². The molecular weight excluding hydrogens is 368 g/mol. The second-order valence-electron chi connectivity index (χ2n) is 8.44. The fourth-order valence-corrected chi connectivity index (χ4v) is 3.57. The minimum Gasteiger partial charge on any atom is -0.354 e. The van der Waals surface area contributed by atoms with Crippen LogP contribution in [0.15, 0.2) is 4.99 Å². The van der Waals surface area contributed by atoms with Gasteiger partial charge in [-0.15, -0.1) is 0 Å². The molecule has 0 bridgehead atoms. The summed E-state index contributed by atoms with van der Waals surface area (Å²) in [4.78, 5) is 37.2. The van der Waals surface area contributed by atoms with E-state index in [0.717, 1.165) is 64.5 Å². The van der Waals surface area contributed by atoms with Crippen molar-refractivity contribution in [2.75, 3.05) is 66.5 Å². The Morgan fingerprint density at radius 3 is 2.14 bits per heavy atom. The van der Waals surface area contributed by atoms with Crippen LogP contribution < -0.4 is 5.32 Å². The number of aliphatic imine (C=N–C) groups is 1. The normalized spacial score (nSPS) is 20.2.